The number of carbonyl (C=O) groups is 1. The minimum Gasteiger partial charge on any atom is -0.496 e. The van der Waals surface area contributed by atoms with Crippen molar-refractivity contribution in [3.05, 3.63) is 58.1 Å². The molecule has 3 rings (SSSR count). The third-order valence-electron chi connectivity index (χ3n) is 4.60. The zero-order chi connectivity index (χ0) is 18.5. The van der Waals surface area contributed by atoms with Gasteiger partial charge in [0.25, 0.3) is 5.91 Å². The van der Waals surface area contributed by atoms with Gasteiger partial charge in [0.05, 0.1) is 14.2 Å². The molecule has 5 nitrogen and oxygen atoms in total. The van der Waals surface area contributed by atoms with E-state index in [1.807, 2.05) is 23.1 Å². The first kappa shape index (κ1) is 18.7. The van der Waals surface area contributed by atoms with Gasteiger partial charge in [-0.3, -0.25) is 9.69 Å². The van der Waals surface area contributed by atoms with Crippen molar-refractivity contribution in [1.29, 1.82) is 0 Å². The number of piperazine rings is 1. The van der Waals surface area contributed by atoms with E-state index in [0.29, 0.717) is 30.2 Å². The Morgan fingerprint density at radius 2 is 1.62 bits per heavy atom. The van der Waals surface area contributed by atoms with Crippen LogP contribution in [-0.2, 0) is 6.54 Å². The highest BCUT2D eigenvalue weighted by Crippen LogP contribution is 2.30. The maximum Gasteiger partial charge on any atom is 0.261 e. The summed E-state index contributed by atoms with van der Waals surface area (Å²) in [7, 11) is 3.14. The highest BCUT2D eigenvalue weighted by Gasteiger charge is 2.27. The molecular weight excluding hydrogens is 396 g/mol. The van der Waals surface area contributed by atoms with Gasteiger partial charge < -0.3 is 14.4 Å². The summed E-state index contributed by atoms with van der Waals surface area (Å²) in [5, 5.41) is 0. The third-order valence-corrected chi connectivity index (χ3v) is 5.09. The highest BCUT2D eigenvalue weighted by molar-refractivity contribution is 9.10. The Labute approximate surface area is 162 Å². The van der Waals surface area contributed by atoms with Crippen LogP contribution < -0.4 is 9.47 Å². The smallest absolute Gasteiger partial charge is 0.261 e. The van der Waals surface area contributed by atoms with Gasteiger partial charge in [-0.1, -0.05) is 34.1 Å². The normalized spacial score (nSPS) is 15.0. The molecule has 1 fully saturated rings. The second-order valence-corrected chi connectivity index (χ2v) is 7.15. The summed E-state index contributed by atoms with van der Waals surface area (Å²) in [4.78, 5) is 17.2. The molecule has 1 saturated heterocycles. The van der Waals surface area contributed by atoms with Crippen LogP contribution in [0.15, 0.2) is 46.9 Å². The number of nitrogens with zero attached hydrogens (tertiary/aromatic N) is 2. The Balaban J connectivity index is 1.66. The lowest BCUT2D eigenvalue weighted by molar-refractivity contribution is 0.0622. The molecular formula is C20H23BrN2O3. The molecule has 1 heterocycles. The predicted octanol–water partition coefficient (Wildman–Crippen LogP) is 3.42. The van der Waals surface area contributed by atoms with Crippen LogP contribution >= 0.6 is 15.9 Å². The standard InChI is InChI=1S/C20H23BrN2O3/c1-25-17-7-4-8-18(26-2)19(17)20(24)23-11-9-22(10-12-23)14-15-5-3-6-16(21)13-15/h3-8,13H,9-12,14H2,1-2H3. The second-order valence-electron chi connectivity index (χ2n) is 6.24. The van der Waals surface area contributed by atoms with Crippen molar-refractivity contribution in [3.8, 4) is 11.5 Å². The number of methoxy groups -OCH3 is 2. The number of benzene rings is 2. The molecule has 0 aromatic heterocycles. The van der Waals surface area contributed by atoms with Gasteiger partial charge in [0.1, 0.15) is 17.1 Å². The van der Waals surface area contributed by atoms with E-state index in [1.54, 1.807) is 26.4 Å². The summed E-state index contributed by atoms with van der Waals surface area (Å²) in [5.74, 6) is 1.05. The Morgan fingerprint density at radius 3 is 2.19 bits per heavy atom. The van der Waals surface area contributed by atoms with Crippen LogP contribution in [0.1, 0.15) is 15.9 Å². The summed E-state index contributed by atoms with van der Waals surface area (Å²) in [5.41, 5.74) is 1.77. The average Bonchev–Trinajstić information content (AvgIpc) is 2.67. The molecule has 138 valence electrons. The fourth-order valence-electron chi connectivity index (χ4n) is 3.22. The Kier molecular flexibility index (Phi) is 6.16. The SMILES string of the molecule is COc1cccc(OC)c1C(=O)N1CCN(Cc2cccc(Br)c2)CC1. The molecule has 2 aromatic carbocycles. The molecule has 0 unspecified atom stereocenters. The lowest BCUT2D eigenvalue weighted by atomic mass is 10.1. The molecule has 0 atom stereocenters. The first-order chi connectivity index (χ1) is 12.6. The zero-order valence-electron chi connectivity index (χ0n) is 15.1. The molecule has 1 aliphatic heterocycles. The van der Waals surface area contributed by atoms with E-state index < -0.39 is 0 Å². The van der Waals surface area contributed by atoms with Gasteiger partial charge >= 0.3 is 0 Å². The maximum absolute atomic E-state index is 13.0. The van der Waals surface area contributed by atoms with Gasteiger partial charge in [-0.2, -0.15) is 0 Å². The fraction of sp³-hybridized carbons (Fsp3) is 0.350. The molecule has 0 saturated carbocycles. The zero-order valence-corrected chi connectivity index (χ0v) is 16.7. The van der Waals surface area contributed by atoms with Crippen LogP contribution in [0.5, 0.6) is 11.5 Å². The van der Waals surface area contributed by atoms with E-state index >= 15 is 0 Å². The summed E-state index contributed by atoms with van der Waals surface area (Å²) >= 11 is 3.51. The number of rotatable bonds is 5. The van der Waals surface area contributed by atoms with Gasteiger partial charge in [0.2, 0.25) is 0 Å². The van der Waals surface area contributed by atoms with Crippen LogP contribution in [0.4, 0.5) is 0 Å². The number of halogens is 1. The van der Waals surface area contributed by atoms with Crippen molar-refractivity contribution >= 4 is 21.8 Å². The number of hydrogen-bond donors (Lipinski definition) is 0. The van der Waals surface area contributed by atoms with Crippen LogP contribution in [0, 0.1) is 0 Å². The molecule has 0 radical (unpaired) electrons. The molecule has 0 spiro atoms. The van der Waals surface area contributed by atoms with E-state index in [1.165, 1.54) is 5.56 Å². The van der Waals surface area contributed by atoms with E-state index in [2.05, 4.69) is 33.0 Å². The second kappa shape index (κ2) is 8.56. The summed E-state index contributed by atoms with van der Waals surface area (Å²) in [6.07, 6.45) is 0. The summed E-state index contributed by atoms with van der Waals surface area (Å²) in [6, 6.07) is 13.7. The first-order valence-electron chi connectivity index (χ1n) is 8.59. The molecule has 0 bridgehead atoms. The van der Waals surface area contributed by atoms with Crippen molar-refractivity contribution in [2.24, 2.45) is 0 Å². The third kappa shape index (κ3) is 4.19. The van der Waals surface area contributed by atoms with Gasteiger partial charge in [-0.25, -0.2) is 0 Å². The minimum atomic E-state index is -0.0404. The molecule has 0 N–H and O–H groups in total. The first-order valence-corrected chi connectivity index (χ1v) is 9.38. The van der Waals surface area contributed by atoms with Crippen molar-refractivity contribution in [2.45, 2.75) is 6.54 Å². The van der Waals surface area contributed by atoms with Crippen LogP contribution in [-0.4, -0.2) is 56.1 Å². The van der Waals surface area contributed by atoms with Crippen LogP contribution in [0.2, 0.25) is 0 Å². The van der Waals surface area contributed by atoms with Crippen LogP contribution in [0.25, 0.3) is 0 Å². The Bertz CT molecular complexity index is 751. The van der Waals surface area contributed by atoms with Gasteiger partial charge in [-0.05, 0) is 29.8 Å². The summed E-state index contributed by atoms with van der Waals surface area (Å²) < 4.78 is 11.8. The monoisotopic (exact) mass is 418 g/mol. The Morgan fingerprint density at radius 1 is 1.00 bits per heavy atom. The lowest BCUT2D eigenvalue weighted by Gasteiger charge is -2.35. The number of amides is 1. The van der Waals surface area contributed by atoms with Gasteiger partial charge in [0.15, 0.2) is 0 Å². The van der Waals surface area contributed by atoms with Crippen molar-refractivity contribution in [3.63, 3.8) is 0 Å². The molecule has 26 heavy (non-hydrogen) atoms. The van der Waals surface area contributed by atoms with Gasteiger partial charge in [0, 0.05) is 37.2 Å². The Hall–Kier alpha value is -2.05. The van der Waals surface area contributed by atoms with E-state index in [9.17, 15) is 4.79 Å². The lowest BCUT2D eigenvalue weighted by Crippen LogP contribution is -2.48. The molecule has 0 aliphatic carbocycles. The minimum absolute atomic E-state index is 0.0404. The number of carbonyl (C=O) groups excluding carboxylic acids is 1. The number of hydrogen-bond acceptors (Lipinski definition) is 4. The molecule has 1 amide bonds. The number of ether oxygens (including phenoxy) is 2. The van der Waals surface area contributed by atoms with E-state index in [-0.39, 0.29) is 5.91 Å². The molecule has 1 aliphatic rings. The quantitative estimate of drug-likeness (QED) is 0.745. The fourth-order valence-corrected chi connectivity index (χ4v) is 3.67. The highest BCUT2D eigenvalue weighted by atomic mass is 79.9. The predicted molar refractivity (Wildman–Crippen MR) is 105 cm³/mol. The molecule has 2 aromatic rings. The van der Waals surface area contributed by atoms with Crippen molar-refractivity contribution < 1.29 is 14.3 Å². The van der Waals surface area contributed by atoms with E-state index in [4.69, 9.17) is 9.47 Å². The topological polar surface area (TPSA) is 42.0 Å². The van der Waals surface area contributed by atoms with Crippen molar-refractivity contribution in [2.75, 3.05) is 40.4 Å². The molecule has 6 heteroatoms. The van der Waals surface area contributed by atoms with Crippen molar-refractivity contribution in [1.82, 2.24) is 9.80 Å². The average molecular weight is 419 g/mol. The van der Waals surface area contributed by atoms with Gasteiger partial charge in [-0.15, -0.1) is 0 Å². The maximum atomic E-state index is 13.0. The van der Waals surface area contributed by atoms with E-state index in [0.717, 1.165) is 24.1 Å². The largest absolute Gasteiger partial charge is 0.496 e. The van der Waals surface area contributed by atoms with Crippen LogP contribution in [0.3, 0.4) is 0 Å². The summed E-state index contributed by atoms with van der Waals surface area (Å²) in [6.45, 7) is 3.95.